The van der Waals surface area contributed by atoms with Crippen molar-refractivity contribution in [1.29, 1.82) is 0 Å². The predicted octanol–water partition coefficient (Wildman–Crippen LogP) is 2.66. The minimum atomic E-state index is -3.59. The Hall–Kier alpha value is -2.11. The number of halogens is 2. The second-order valence-electron chi connectivity index (χ2n) is 3.21. The monoisotopic (exact) mass is 225 g/mol. The first-order chi connectivity index (χ1) is 7.64. The van der Waals surface area contributed by atoms with Gasteiger partial charge >= 0.3 is 6.29 Å². The summed E-state index contributed by atoms with van der Waals surface area (Å²) in [6.45, 7) is 0. The average molecular weight is 225 g/mol. The summed E-state index contributed by atoms with van der Waals surface area (Å²) < 4.78 is 38.7. The van der Waals surface area contributed by atoms with Gasteiger partial charge in [-0.25, -0.2) is 0 Å². The Balaban J connectivity index is 2.03. The van der Waals surface area contributed by atoms with E-state index in [0.29, 0.717) is 11.3 Å². The van der Waals surface area contributed by atoms with Crippen LogP contribution in [0, 0.1) is 0 Å². The lowest BCUT2D eigenvalue weighted by atomic mass is 10.1. The van der Waals surface area contributed by atoms with Crippen LogP contribution in [-0.2, 0) is 0 Å². The van der Waals surface area contributed by atoms with Gasteiger partial charge in [0, 0.05) is 11.6 Å². The molecule has 3 rings (SSSR count). The van der Waals surface area contributed by atoms with Gasteiger partial charge in [0.15, 0.2) is 11.5 Å². The topological polar surface area (TPSA) is 44.5 Å². The minimum Gasteiger partial charge on any atom is -0.395 e. The second-order valence-corrected chi connectivity index (χ2v) is 3.21. The number of benzene rings is 1. The van der Waals surface area contributed by atoms with Crippen molar-refractivity contribution in [2.24, 2.45) is 0 Å². The highest BCUT2D eigenvalue weighted by molar-refractivity contribution is 5.63. The van der Waals surface area contributed by atoms with E-state index < -0.39 is 6.29 Å². The maximum Gasteiger partial charge on any atom is 0.586 e. The van der Waals surface area contributed by atoms with E-state index >= 15 is 0 Å². The quantitative estimate of drug-likeness (QED) is 0.748. The molecule has 0 saturated heterocycles. The number of hydrogen-bond acceptors (Lipinski definition) is 4. The van der Waals surface area contributed by atoms with Crippen LogP contribution >= 0.6 is 0 Å². The van der Waals surface area contributed by atoms with Crippen LogP contribution in [0.25, 0.3) is 11.3 Å². The lowest BCUT2D eigenvalue weighted by Gasteiger charge is -2.04. The Morgan fingerprint density at radius 2 is 1.88 bits per heavy atom. The van der Waals surface area contributed by atoms with Crippen LogP contribution in [0.2, 0.25) is 0 Å². The summed E-state index contributed by atoms with van der Waals surface area (Å²) in [6, 6.07) is 6.05. The lowest BCUT2D eigenvalue weighted by Crippen LogP contribution is -2.25. The van der Waals surface area contributed by atoms with E-state index in [2.05, 4.69) is 19.2 Å². The first kappa shape index (κ1) is 9.14. The number of rotatable bonds is 1. The molecule has 0 fully saturated rings. The van der Waals surface area contributed by atoms with Gasteiger partial charge in [-0.15, -0.1) is 8.78 Å². The standard InChI is InChI=1S/C10H5F2NO3/c11-10(12)15-8-2-1-6(5-9(8)16-10)7-3-4-14-13-7/h1-5H. The molecule has 0 aliphatic carbocycles. The molecule has 1 aliphatic heterocycles. The van der Waals surface area contributed by atoms with Crippen LogP contribution < -0.4 is 9.47 Å². The van der Waals surface area contributed by atoms with Crippen LogP contribution in [0.3, 0.4) is 0 Å². The predicted molar refractivity (Wildman–Crippen MR) is 48.1 cm³/mol. The maximum absolute atomic E-state index is 12.7. The number of nitrogens with zero attached hydrogens (tertiary/aromatic N) is 1. The third-order valence-electron chi connectivity index (χ3n) is 2.13. The molecular formula is C10H5F2NO3. The molecule has 0 unspecified atom stereocenters. The van der Waals surface area contributed by atoms with Crippen molar-refractivity contribution >= 4 is 0 Å². The van der Waals surface area contributed by atoms with Crippen molar-refractivity contribution in [3.05, 3.63) is 30.5 Å². The largest absolute Gasteiger partial charge is 0.586 e. The number of aromatic nitrogens is 1. The Morgan fingerprint density at radius 3 is 2.62 bits per heavy atom. The van der Waals surface area contributed by atoms with Gasteiger partial charge in [0.25, 0.3) is 0 Å². The Morgan fingerprint density at radius 1 is 1.06 bits per heavy atom. The van der Waals surface area contributed by atoms with Gasteiger partial charge in [0.2, 0.25) is 0 Å². The van der Waals surface area contributed by atoms with Gasteiger partial charge in [0.05, 0.1) is 0 Å². The highest BCUT2D eigenvalue weighted by atomic mass is 19.3. The summed E-state index contributed by atoms with van der Waals surface area (Å²) in [5, 5.41) is 3.69. The van der Waals surface area contributed by atoms with Gasteiger partial charge in [-0.3, -0.25) is 0 Å². The molecule has 82 valence electrons. The van der Waals surface area contributed by atoms with E-state index in [9.17, 15) is 8.78 Å². The molecule has 0 radical (unpaired) electrons. The number of ether oxygens (including phenoxy) is 2. The minimum absolute atomic E-state index is 0.00880. The van der Waals surface area contributed by atoms with E-state index in [1.165, 1.54) is 18.4 Å². The van der Waals surface area contributed by atoms with Crippen molar-refractivity contribution in [3.63, 3.8) is 0 Å². The van der Waals surface area contributed by atoms with Crippen LogP contribution in [0.5, 0.6) is 11.5 Å². The van der Waals surface area contributed by atoms with Crippen molar-refractivity contribution in [2.45, 2.75) is 6.29 Å². The van der Waals surface area contributed by atoms with Crippen LogP contribution in [-0.4, -0.2) is 11.5 Å². The summed E-state index contributed by atoms with van der Waals surface area (Å²) in [6.07, 6.45) is -2.20. The highest BCUT2D eigenvalue weighted by Crippen LogP contribution is 2.42. The maximum atomic E-state index is 12.7. The molecule has 6 heteroatoms. The Labute approximate surface area is 88.4 Å². The fourth-order valence-corrected chi connectivity index (χ4v) is 1.47. The fourth-order valence-electron chi connectivity index (χ4n) is 1.47. The Kier molecular flexibility index (Phi) is 1.68. The third-order valence-corrected chi connectivity index (χ3v) is 2.13. The highest BCUT2D eigenvalue weighted by Gasteiger charge is 2.43. The van der Waals surface area contributed by atoms with Crippen molar-refractivity contribution in [1.82, 2.24) is 5.16 Å². The second kappa shape index (κ2) is 2.94. The molecular weight excluding hydrogens is 220 g/mol. The van der Waals surface area contributed by atoms with Gasteiger partial charge < -0.3 is 14.0 Å². The molecule has 0 amide bonds. The fraction of sp³-hybridized carbons (Fsp3) is 0.100. The van der Waals surface area contributed by atoms with E-state index in [0.717, 1.165) is 0 Å². The van der Waals surface area contributed by atoms with Crippen molar-refractivity contribution < 1.29 is 22.8 Å². The van der Waals surface area contributed by atoms with Gasteiger partial charge in [-0.05, 0) is 18.2 Å². The molecule has 2 heterocycles. The molecule has 4 nitrogen and oxygen atoms in total. The molecule has 16 heavy (non-hydrogen) atoms. The molecule has 0 atom stereocenters. The Bertz CT molecular complexity index is 525. The number of hydrogen-bond donors (Lipinski definition) is 0. The zero-order valence-corrected chi connectivity index (χ0v) is 7.81. The van der Waals surface area contributed by atoms with E-state index in [1.54, 1.807) is 12.1 Å². The third kappa shape index (κ3) is 1.39. The first-order valence-corrected chi connectivity index (χ1v) is 4.45. The number of fused-ring (bicyclic) bond motifs is 1. The first-order valence-electron chi connectivity index (χ1n) is 4.45. The molecule has 0 N–H and O–H groups in total. The van der Waals surface area contributed by atoms with Gasteiger partial charge in [-0.1, -0.05) is 5.16 Å². The summed E-state index contributed by atoms with van der Waals surface area (Å²) >= 11 is 0. The van der Waals surface area contributed by atoms with E-state index in [-0.39, 0.29) is 11.5 Å². The summed E-state index contributed by atoms with van der Waals surface area (Å²) in [4.78, 5) is 0. The van der Waals surface area contributed by atoms with Gasteiger partial charge in [-0.2, -0.15) is 0 Å². The van der Waals surface area contributed by atoms with Crippen LogP contribution in [0.15, 0.2) is 35.1 Å². The van der Waals surface area contributed by atoms with E-state index in [4.69, 9.17) is 0 Å². The van der Waals surface area contributed by atoms with E-state index in [1.807, 2.05) is 0 Å². The molecule has 2 aromatic rings. The number of alkyl halides is 2. The van der Waals surface area contributed by atoms with Crippen LogP contribution in [0.1, 0.15) is 0 Å². The molecule has 0 saturated carbocycles. The summed E-state index contributed by atoms with van der Waals surface area (Å²) in [5.74, 6) is 0.00254. The molecule has 1 aliphatic rings. The smallest absolute Gasteiger partial charge is 0.395 e. The van der Waals surface area contributed by atoms with Crippen LogP contribution in [0.4, 0.5) is 8.78 Å². The van der Waals surface area contributed by atoms with Crippen molar-refractivity contribution in [3.8, 4) is 22.8 Å². The normalized spacial score (nSPS) is 16.4. The summed E-state index contributed by atoms with van der Waals surface area (Å²) in [5.41, 5.74) is 1.16. The van der Waals surface area contributed by atoms with Crippen molar-refractivity contribution in [2.75, 3.05) is 0 Å². The molecule has 0 spiro atoms. The zero-order valence-electron chi connectivity index (χ0n) is 7.81. The molecule has 1 aromatic heterocycles. The SMILES string of the molecule is FC1(F)Oc2ccc(-c3ccon3)cc2O1. The van der Waals surface area contributed by atoms with Gasteiger partial charge in [0.1, 0.15) is 12.0 Å². The summed E-state index contributed by atoms with van der Waals surface area (Å²) in [7, 11) is 0. The average Bonchev–Trinajstić information content (AvgIpc) is 2.80. The molecule has 0 bridgehead atoms. The zero-order chi connectivity index (χ0) is 11.2. The molecule has 1 aromatic carbocycles. The lowest BCUT2D eigenvalue weighted by molar-refractivity contribution is -0.286.